The Labute approximate surface area is 185 Å². The van der Waals surface area contributed by atoms with E-state index in [1.165, 1.54) is 17.8 Å². The number of amides is 1. The monoisotopic (exact) mass is 454 g/mol. The highest BCUT2D eigenvalue weighted by Crippen LogP contribution is 2.40. The number of anilines is 1. The summed E-state index contributed by atoms with van der Waals surface area (Å²) >= 11 is 1.45. The topological polar surface area (TPSA) is 59.3 Å². The molecule has 0 saturated heterocycles. The summed E-state index contributed by atoms with van der Waals surface area (Å²) in [5, 5.41) is 6.75. The number of alkyl halides is 3. The van der Waals surface area contributed by atoms with E-state index in [0.717, 1.165) is 15.0 Å². The van der Waals surface area contributed by atoms with Gasteiger partial charge in [-0.3, -0.25) is 4.79 Å². The van der Waals surface area contributed by atoms with Gasteiger partial charge in [0.2, 0.25) is 0 Å². The zero-order valence-corrected chi connectivity index (χ0v) is 17.7. The molecule has 32 heavy (non-hydrogen) atoms. The molecule has 1 amide bonds. The molecule has 1 aliphatic rings. The number of halogens is 3. The largest absolute Gasteiger partial charge is 0.433 e. The minimum Gasteiger partial charge on any atom is -0.320 e. The lowest BCUT2D eigenvalue weighted by Crippen LogP contribution is -2.21. The first kappa shape index (κ1) is 20.6. The van der Waals surface area contributed by atoms with Gasteiger partial charge in [-0.2, -0.15) is 18.3 Å². The Morgan fingerprint density at radius 2 is 1.84 bits per heavy atom. The molecular weight excluding hydrogens is 437 g/mol. The Morgan fingerprint density at radius 3 is 2.62 bits per heavy atom. The van der Waals surface area contributed by atoms with Crippen LogP contribution >= 0.6 is 11.8 Å². The highest BCUT2D eigenvalue weighted by molar-refractivity contribution is 7.98. The normalized spacial score (nSPS) is 13.0. The molecule has 0 atom stereocenters. The van der Waals surface area contributed by atoms with Crippen LogP contribution in [-0.4, -0.2) is 26.8 Å². The molecule has 1 aliphatic carbocycles. The van der Waals surface area contributed by atoms with Crippen molar-refractivity contribution in [2.45, 2.75) is 23.9 Å². The number of nitrogens with zero attached hydrogens (tertiary/aromatic N) is 3. The number of hydrogen-bond donors (Lipinski definition) is 1. The van der Waals surface area contributed by atoms with Crippen molar-refractivity contribution >= 4 is 29.0 Å². The minimum atomic E-state index is -4.65. The molecular formula is C23H17F3N4OS. The predicted octanol–water partition coefficient (Wildman–Crippen LogP) is 5.49. The standard InChI is InChI=1S/C23H17F3N4OS/c1-32-18-9-5-4-8-16(18)27-22(31)17-12-19-28-20-14-7-3-2-6-13(14)10-11-15(20)21(23(24,25)26)30(19)29-17/h2-9,12H,10-11H2,1H3,(H,27,31). The number of aromatic nitrogens is 3. The Balaban J connectivity index is 1.65. The van der Waals surface area contributed by atoms with E-state index in [0.29, 0.717) is 23.4 Å². The summed E-state index contributed by atoms with van der Waals surface area (Å²) in [6.45, 7) is 0. The van der Waals surface area contributed by atoms with Crippen molar-refractivity contribution in [2.75, 3.05) is 11.6 Å². The van der Waals surface area contributed by atoms with Gasteiger partial charge in [-0.05, 0) is 36.8 Å². The first-order valence-corrected chi connectivity index (χ1v) is 11.1. The van der Waals surface area contributed by atoms with E-state index in [1.54, 1.807) is 24.3 Å². The molecule has 5 nitrogen and oxygen atoms in total. The average Bonchev–Trinajstić information content (AvgIpc) is 3.20. The quantitative estimate of drug-likeness (QED) is 0.416. The fourth-order valence-corrected chi connectivity index (χ4v) is 4.62. The maximum Gasteiger partial charge on any atom is 0.433 e. The summed E-state index contributed by atoms with van der Waals surface area (Å²) in [5.74, 6) is -0.594. The number of fused-ring (bicyclic) bond motifs is 4. The lowest BCUT2D eigenvalue weighted by atomic mass is 9.88. The molecule has 0 fully saturated rings. The van der Waals surface area contributed by atoms with Crippen LogP contribution in [0, 0.1) is 0 Å². The number of nitrogens with one attached hydrogen (secondary N) is 1. The van der Waals surface area contributed by atoms with E-state index in [-0.39, 0.29) is 23.3 Å². The molecule has 4 aromatic rings. The van der Waals surface area contributed by atoms with Crippen LogP contribution in [0.15, 0.2) is 59.5 Å². The average molecular weight is 454 g/mol. The summed E-state index contributed by atoms with van der Waals surface area (Å²) in [5.41, 5.74) is 1.58. The molecule has 0 spiro atoms. The summed E-state index contributed by atoms with van der Waals surface area (Å²) in [4.78, 5) is 18.2. The number of para-hydroxylation sites is 1. The fourth-order valence-electron chi connectivity index (χ4n) is 4.06. The second-order valence-electron chi connectivity index (χ2n) is 7.40. The summed E-state index contributed by atoms with van der Waals surface area (Å²) < 4.78 is 43.2. The van der Waals surface area contributed by atoms with Crippen LogP contribution in [0.3, 0.4) is 0 Å². The lowest BCUT2D eigenvalue weighted by Gasteiger charge is -2.23. The minimum absolute atomic E-state index is 0.0175. The maximum absolute atomic E-state index is 14.1. The van der Waals surface area contributed by atoms with Crippen molar-refractivity contribution in [3.05, 3.63) is 77.1 Å². The third-order valence-electron chi connectivity index (χ3n) is 5.47. The second kappa shape index (κ2) is 7.67. The van der Waals surface area contributed by atoms with Crippen molar-refractivity contribution in [1.82, 2.24) is 14.6 Å². The zero-order valence-electron chi connectivity index (χ0n) is 16.9. The number of benzene rings is 2. The predicted molar refractivity (Wildman–Crippen MR) is 117 cm³/mol. The van der Waals surface area contributed by atoms with Crippen LogP contribution in [0.1, 0.15) is 27.3 Å². The number of carbonyl (C=O) groups is 1. The molecule has 1 N–H and O–H groups in total. The first-order chi connectivity index (χ1) is 15.4. The van der Waals surface area contributed by atoms with Crippen molar-refractivity contribution in [2.24, 2.45) is 0 Å². The van der Waals surface area contributed by atoms with E-state index in [4.69, 9.17) is 0 Å². The number of aryl methyl sites for hydroxylation is 1. The van der Waals surface area contributed by atoms with Gasteiger partial charge in [0, 0.05) is 22.1 Å². The van der Waals surface area contributed by atoms with Gasteiger partial charge in [0.05, 0.1) is 11.4 Å². The number of hydrogen-bond acceptors (Lipinski definition) is 4. The number of rotatable bonds is 3. The molecule has 0 radical (unpaired) electrons. The van der Waals surface area contributed by atoms with Crippen LogP contribution in [-0.2, 0) is 19.0 Å². The molecule has 0 aliphatic heterocycles. The summed E-state index contributed by atoms with van der Waals surface area (Å²) in [6.07, 6.45) is -2.09. The van der Waals surface area contributed by atoms with Gasteiger partial charge >= 0.3 is 6.18 Å². The van der Waals surface area contributed by atoms with Gasteiger partial charge in [0.1, 0.15) is 0 Å². The summed E-state index contributed by atoms with van der Waals surface area (Å²) in [7, 11) is 0. The molecule has 2 heterocycles. The smallest absolute Gasteiger partial charge is 0.320 e. The molecule has 2 aromatic heterocycles. The molecule has 2 aromatic carbocycles. The van der Waals surface area contributed by atoms with Crippen molar-refractivity contribution < 1.29 is 18.0 Å². The third kappa shape index (κ3) is 3.42. The Kier molecular flexibility index (Phi) is 4.93. The van der Waals surface area contributed by atoms with Crippen molar-refractivity contribution in [3.63, 3.8) is 0 Å². The molecule has 0 saturated carbocycles. The van der Waals surface area contributed by atoms with Gasteiger partial charge in [-0.15, -0.1) is 11.8 Å². The summed E-state index contributed by atoms with van der Waals surface area (Å²) in [6, 6.07) is 15.8. The van der Waals surface area contributed by atoms with E-state index in [9.17, 15) is 18.0 Å². The van der Waals surface area contributed by atoms with Crippen LogP contribution in [0.2, 0.25) is 0 Å². The molecule has 162 valence electrons. The Bertz CT molecular complexity index is 1360. The van der Waals surface area contributed by atoms with E-state index < -0.39 is 17.8 Å². The van der Waals surface area contributed by atoms with Gasteiger partial charge in [-0.25, -0.2) is 9.50 Å². The van der Waals surface area contributed by atoms with E-state index in [2.05, 4.69) is 15.4 Å². The number of carbonyl (C=O) groups excluding carboxylic acids is 1. The van der Waals surface area contributed by atoms with E-state index in [1.807, 2.05) is 30.5 Å². The van der Waals surface area contributed by atoms with Crippen LogP contribution < -0.4 is 5.32 Å². The molecule has 0 bridgehead atoms. The second-order valence-corrected chi connectivity index (χ2v) is 8.24. The Hall–Kier alpha value is -3.33. The fraction of sp³-hybridized carbons (Fsp3) is 0.174. The van der Waals surface area contributed by atoms with Gasteiger partial charge in [-0.1, -0.05) is 36.4 Å². The van der Waals surface area contributed by atoms with Crippen LogP contribution in [0.5, 0.6) is 0 Å². The maximum atomic E-state index is 14.1. The highest BCUT2D eigenvalue weighted by atomic mass is 32.2. The van der Waals surface area contributed by atoms with Gasteiger partial charge in [0.25, 0.3) is 5.91 Å². The first-order valence-electron chi connectivity index (χ1n) is 9.89. The Morgan fingerprint density at radius 1 is 1.09 bits per heavy atom. The van der Waals surface area contributed by atoms with Gasteiger partial charge in [0.15, 0.2) is 17.0 Å². The zero-order chi connectivity index (χ0) is 22.5. The van der Waals surface area contributed by atoms with Crippen LogP contribution in [0.4, 0.5) is 18.9 Å². The number of thioether (sulfide) groups is 1. The van der Waals surface area contributed by atoms with Gasteiger partial charge < -0.3 is 5.32 Å². The lowest BCUT2D eigenvalue weighted by molar-refractivity contribution is -0.143. The SMILES string of the molecule is CSc1ccccc1NC(=O)c1cc2nc3c(c(C(F)(F)F)n2n1)CCc1ccccc1-3. The third-order valence-corrected chi connectivity index (χ3v) is 6.27. The molecule has 9 heteroatoms. The molecule has 0 unspecified atom stereocenters. The van der Waals surface area contributed by atoms with Crippen molar-refractivity contribution in [1.29, 1.82) is 0 Å². The van der Waals surface area contributed by atoms with Crippen molar-refractivity contribution in [3.8, 4) is 11.3 Å². The highest BCUT2D eigenvalue weighted by Gasteiger charge is 2.40. The van der Waals surface area contributed by atoms with E-state index >= 15 is 0 Å². The van der Waals surface area contributed by atoms with Crippen LogP contribution in [0.25, 0.3) is 16.9 Å². The molecule has 5 rings (SSSR count).